The van der Waals surface area contributed by atoms with Crippen molar-refractivity contribution in [1.82, 2.24) is 0 Å². The summed E-state index contributed by atoms with van der Waals surface area (Å²) >= 11 is 0. The first-order chi connectivity index (χ1) is 28.1. The van der Waals surface area contributed by atoms with E-state index in [9.17, 15) is 19.5 Å². The zero-order valence-corrected chi connectivity index (χ0v) is 37.7. The summed E-state index contributed by atoms with van der Waals surface area (Å²) < 4.78 is 17.1. The first kappa shape index (κ1) is 54.8. The molecule has 0 fully saturated rings. The molecule has 0 rings (SSSR count). The summed E-state index contributed by atoms with van der Waals surface area (Å²) in [5.74, 6) is -1.77. The Bertz CT molecular complexity index is 1180. The van der Waals surface area contributed by atoms with Crippen molar-refractivity contribution in [1.29, 1.82) is 0 Å². The summed E-state index contributed by atoms with van der Waals surface area (Å²) in [6.45, 7) is 4.50. The predicted molar refractivity (Wildman–Crippen MR) is 240 cm³/mol. The minimum atomic E-state index is -1.13. The molecule has 0 aromatic carbocycles. The highest BCUT2D eigenvalue weighted by Gasteiger charge is 2.25. The molecule has 8 heteroatoms. The lowest BCUT2D eigenvalue weighted by Gasteiger charge is -2.34. The number of rotatable bonds is 40. The van der Waals surface area contributed by atoms with Crippen LogP contribution in [-0.4, -0.2) is 75.5 Å². The number of quaternary nitrogens is 1. The number of carboxylic acid groups (broad SMARTS) is 1. The predicted octanol–water partition coefficient (Wildman–Crippen LogP) is 11.4. The molecule has 0 N–H and O–H groups in total. The second-order valence-electron chi connectivity index (χ2n) is 16.3. The molecule has 0 aliphatic heterocycles. The first-order valence-electron chi connectivity index (χ1n) is 23.0. The summed E-state index contributed by atoms with van der Waals surface area (Å²) in [6, 6.07) is -0.731. The number of unbranched alkanes of at least 4 members (excludes halogenated alkanes) is 14. The maximum Gasteiger partial charge on any atom is 0.306 e. The van der Waals surface area contributed by atoms with E-state index in [2.05, 4.69) is 86.8 Å². The Labute approximate surface area is 355 Å². The molecule has 0 bridgehead atoms. The minimum Gasteiger partial charge on any atom is -0.544 e. The summed E-state index contributed by atoms with van der Waals surface area (Å²) in [5, 5.41) is 11.6. The smallest absolute Gasteiger partial charge is 0.306 e. The number of carboxylic acids is 1. The zero-order valence-electron chi connectivity index (χ0n) is 37.7. The van der Waals surface area contributed by atoms with Crippen LogP contribution in [0, 0.1) is 0 Å². The van der Waals surface area contributed by atoms with Gasteiger partial charge in [-0.25, -0.2) is 0 Å². The van der Waals surface area contributed by atoms with Crippen LogP contribution in [0.5, 0.6) is 0 Å². The van der Waals surface area contributed by atoms with Crippen LogP contribution in [0.4, 0.5) is 0 Å². The summed E-state index contributed by atoms with van der Waals surface area (Å²) in [7, 11) is 5.39. The Morgan fingerprint density at radius 2 is 0.966 bits per heavy atom. The van der Waals surface area contributed by atoms with Crippen LogP contribution >= 0.6 is 0 Å². The van der Waals surface area contributed by atoms with E-state index in [1.807, 2.05) is 0 Å². The van der Waals surface area contributed by atoms with Gasteiger partial charge >= 0.3 is 11.9 Å². The molecule has 0 radical (unpaired) electrons. The highest BCUT2D eigenvalue weighted by atomic mass is 16.6. The number of esters is 2. The third-order valence-corrected chi connectivity index (χ3v) is 9.86. The molecule has 332 valence electrons. The summed E-state index contributed by atoms with van der Waals surface area (Å²) in [5.41, 5.74) is 0. The number of ether oxygens (including phenoxy) is 3. The largest absolute Gasteiger partial charge is 0.544 e. The van der Waals surface area contributed by atoms with Crippen LogP contribution in [0.25, 0.3) is 0 Å². The van der Waals surface area contributed by atoms with Crippen LogP contribution in [0.15, 0.2) is 72.9 Å². The van der Waals surface area contributed by atoms with Gasteiger partial charge in [-0.1, -0.05) is 164 Å². The summed E-state index contributed by atoms with van der Waals surface area (Å²) in [4.78, 5) is 36.8. The average Bonchev–Trinajstić information content (AvgIpc) is 3.18. The Morgan fingerprint density at radius 3 is 1.43 bits per heavy atom. The van der Waals surface area contributed by atoms with E-state index < -0.39 is 18.1 Å². The van der Waals surface area contributed by atoms with Crippen LogP contribution < -0.4 is 5.11 Å². The summed E-state index contributed by atoms with van der Waals surface area (Å²) in [6.07, 6.45) is 50.7. The van der Waals surface area contributed by atoms with Crippen molar-refractivity contribution >= 4 is 17.9 Å². The molecule has 2 unspecified atom stereocenters. The van der Waals surface area contributed by atoms with Gasteiger partial charge in [-0.15, -0.1) is 0 Å². The number of hydrogen-bond donors (Lipinski definition) is 0. The van der Waals surface area contributed by atoms with Crippen molar-refractivity contribution in [3.63, 3.8) is 0 Å². The fourth-order valence-corrected chi connectivity index (χ4v) is 6.31. The number of nitrogens with zero attached hydrogens (tertiary/aromatic N) is 1. The molecule has 0 aromatic heterocycles. The lowest BCUT2D eigenvalue weighted by Crippen LogP contribution is -2.55. The van der Waals surface area contributed by atoms with Crippen molar-refractivity contribution in [3.8, 4) is 0 Å². The second kappa shape index (κ2) is 40.5. The van der Waals surface area contributed by atoms with E-state index in [0.717, 1.165) is 89.9 Å². The molecule has 0 spiro atoms. The average molecular weight is 812 g/mol. The van der Waals surface area contributed by atoms with E-state index in [1.165, 1.54) is 51.4 Å². The van der Waals surface area contributed by atoms with Gasteiger partial charge in [-0.2, -0.15) is 0 Å². The number of carbonyl (C=O) groups is 3. The van der Waals surface area contributed by atoms with Crippen LogP contribution in [0.2, 0.25) is 0 Å². The van der Waals surface area contributed by atoms with Crippen LogP contribution in [0.3, 0.4) is 0 Å². The SMILES string of the molecule is CC/C=C/C/C=C/C/C=C/C/C=C/C/C=C/C/C=C/CCCCCCC(=O)OCC(COCCC(C(=O)[O-])[N+](C)(C)C)OC(=O)CCCCCCCCCCCCC. The highest BCUT2D eigenvalue weighted by Crippen LogP contribution is 2.14. The van der Waals surface area contributed by atoms with Crippen molar-refractivity contribution < 1.29 is 38.2 Å². The second-order valence-corrected chi connectivity index (χ2v) is 16.3. The topological polar surface area (TPSA) is 102 Å². The molecule has 0 saturated heterocycles. The van der Waals surface area contributed by atoms with E-state index in [0.29, 0.717) is 12.8 Å². The standard InChI is InChI=1S/C50H85NO7/c1-6-8-10-12-14-16-18-19-20-21-22-23-24-25-26-27-28-29-31-32-34-36-38-40-48(52)57-45-46(44-56-43-42-47(50(54)55)51(3,4)5)58-49(53)41-39-37-35-33-30-17-15-13-11-9-7-2/h8,10,14,16,19-20,22-23,25-26,28-29,46-47H,6-7,9,11-13,15,17-18,21,24,27,30-45H2,1-5H3/b10-8+,16-14+,20-19+,23-22+,26-25+,29-28+. The Kier molecular flexibility index (Phi) is 38.3. The van der Waals surface area contributed by atoms with E-state index in [4.69, 9.17) is 14.2 Å². The molecule has 0 aliphatic rings. The monoisotopic (exact) mass is 812 g/mol. The number of aliphatic carboxylic acids is 1. The van der Waals surface area contributed by atoms with Crippen molar-refractivity contribution in [2.24, 2.45) is 0 Å². The third-order valence-electron chi connectivity index (χ3n) is 9.86. The molecular formula is C50H85NO7. The van der Waals surface area contributed by atoms with Gasteiger partial charge in [-0.3, -0.25) is 9.59 Å². The van der Waals surface area contributed by atoms with Gasteiger partial charge in [0.1, 0.15) is 12.6 Å². The van der Waals surface area contributed by atoms with Crippen LogP contribution in [-0.2, 0) is 28.6 Å². The van der Waals surface area contributed by atoms with Gasteiger partial charge in [0, 0.05) is 19.3 Å². The molecule has 0 heterocycles. The maximum atomic E-state index is 12.7. The molecule has 0 amide bonds. The van der Waals surface area contributed by atoms with Gasteiger partial charge in [0.2, 0.25) is 0 Å². The quantitative estimate of drug-likeness (QED) is 0.0263. The van der Waals surface area contributed by atoms with Crippen LogP contribution in [0.1, 0.15) is 174 Å². The van der Waals surface area contributed by atoms with Gasteiger partial charge in [0.05, 0.1) is 40.3 Å². The van der Waals surface area contributed by atoms with Gasteiger partial charge in [-0.05, 0) is 64.2 Å². The Morgan fingerprint density at radius 1 is 0.534 bits per heavy atom. The third kappa shape index (κ3) is 38.3. The lowest BCUT2D eigenvalue weighted by atomic mass is 10.1. The Balaban J connectivity index is 4.32. The molecule has 58 heavy (non-hydrogen) atoms. The molecular weight excluding hydrogens is 727 g/mol. The highest BCUT2D eigenvalue weighted by molar-refractivity contribution is 5.70. The van der Waals surface area contributed by atoms with E-state index in [1.54, 1.807) is 21.1 Å². The number of allylic oxidation sites excluding steroid dienone is 12. The molecule has 0 aromatic rings. The van der Waals surface area contributed by atoms with Crippen molar-refractivity contribution in [2.45, 2.75) is 187 Å². The van der Waals surface area contributed by atoms with Gasteiger partial charge in [0.15, 0.2) is 6.10 Å². The molecule has 8 nitrogen and oxygen atoms in total. The Hall–Kier alpha value is -3.23. The van der Waals surface area contributed by atoms with E-state index >= 15 is 0 Å². The van der Waals surface area contributed by atoms with E-state index in [-0.39, 0.29) is 42.7 Å². The molecule has 0 saturated carbocycles. The maximum absolute atomic E-state index is 12.7. The van der Waals surface area contributed by atoms with Gasteiger partial charge in [0.25, 0.3) is 0 Å². The normalized spacial score (nSPS) is 13.6. The minimum absolute atomic E-state index is 0.0305. The van der Waals surface area contributed by atoms with Crippen molar-refractivity contribution in [3.05, 3.63) is 72.9 Å². The van der Waals surface area contributed by atoms with Gasteiger partial charge < -0.3 is 28.6 Å². The lowest BCUT2D eigenvalue weighted by molar-refractivity contribution is -0.889. The number of likely N-dealkylation sites (N-methyl/N-ethyl adjacent to an activating group) is 1. The fourth-order valence-electron chi connectivity index (χ4n) is 6.31. The first-order valence-corrected chi connectivity index (χ1v) is 23.0. The fraction of sp³-hybridized carbons (Fsp3) is 0.700. The number of hydrogen-bond acceptors (Lipinski definition) is 7. The van der Waals surface area contributed by atoms with Crippen molar-refractivity contribution in [2.75, 3.05) is 41.0 Å². The number of carbonyl (C=O) groups excluding carboxylic acids is 3. The molecule has 2 atom stereocenters. The zero-order chi connectivity index (χ0) is 42.8. The molecule has 0 aliphatic carbocycles.